The largest absolute Gasteiger partial charge is 0.379 e. The van der Waals surface area contributed by atoms with Crippen molar-refractivity contribution in [2.75, 3.05) is 44.3 Å². The summed E-state index contributed by atoms with van der Waals surface area (Å²) in [4.78, 5) is 9.50. The third kappa shape index (κ3) is 3.42. The molecule has 0 aromatic carbocycles. The number of ether oxygens (including phenoxy) is 1. The van der Waals surface area contributed by atoms with Crippen molar-refractivity contribution in [3.05, 3.63) is 46.8 Å². The maximum absolute atomic E-state index is 5.98. The number of anilines is 1. The van der Waals surface area contributed by atoms with Gasteiger partial charge in [-0.1, -0.05) is 6.07 Å². The first-order valence-electron chi connectivity index (χ1n) is 8.30. The lowest BCUT2D eigenvalue weighted by Gasteiger charge is -2.31. The summed E-state index contributed by atoms with van der Waals surface area (Å²) in [7, 11) is 0. The molecule has 122 valence electrons. The van der Waals surface area contributed by atoms with Crippen LogP contribution in [0, 0.1) is 5.41 Å². The van der Waals surface area contributed by atoms with Gasteiger partial charge in [0.25, 0.3) is 0 Å². The van der Waals surface area contributed by atoms with Crippen LogP contribution in [-0.4, -0.2) is 49.3 Å². The number of hydrogen-bond donors (Lipinski definition) is 0. The van der Waals surface area contributed by atoms with Crippen molar-refractivity contribution >= 4 is 17.2 Å². The van der Waals surface area contributed by atoms with E-state index < -0.39 is 0 Å². The highest BCUT2D eigenvalue weighted by molar-refractivity contribution is 7.07. The maximum Gasteiger partial charge on any atom is 0.128 e. The Hall–Kier alpha value is -1.43. The minimum Gasteiger partial charge on any atom is -0.379 e. The van der Waals surface area contributed by atoms with Gasteiger partial charge in [-0.05, 0) is 40.9 Å². The minimum absolute atomic E-state index is 0.240. The smallest absolute Gasteiger partial charge is 0.128 e. The van der Waals surface area contributed by atoms with Gasteiger partial charge in [0.15, 0.2) is 0 Å². The van der Waals surface area contributed by atoms with E-state index in [9.17, 15) is 0 Å². The molecule has 5 heteroatoms. The summed E-state index contributed by atoms with van der Waals surface area (Å²) in [5, 5.41) is 4.42. The van der Waals surface area contributed by atoms with Crippen molar-refractivity contribution < 1.29 is 4.74 Å². The van der Waals surface area contributed by atoms with Gasteiger partial charge in [-0.2, -0.15) is 11.3 Å². The number of nitrogens with zero attached hydrogens (tertiary/aromatic N) is 3. The Bertz CT molecular complexity index is 618. The average Bonchev–Trinajstić information content (AvgIpc) is 3.18. The molecule has 2 saturated heterocycles. The standard InChI is InChI=1S/C18H23N3OS/c1-2-6-19-17(3-1)21-7-5-18(14-21)13-20(8-9-22-15-18)11-16-4-10-23-12-16/h1-4,6,10,12H,5,7-9,11,13-15H2/t18-/m0/s1. The Morgan fingerprint density at radius 1 is 1.22 bits per heavy atom. The first-order valence-corrected chi connectivity index (χ1v) is 9.25. The van der Waals surface area contributed by atoms with Crippen molar-refractivity contribution in [2.24, 2.45) is 5.41 Å². The molecule has 23 heavy (non-hydrogen) atoms. The third-order valence-corrected chi connectivity index (χ3v) is 5.65. The van der Waals surface area contributed by atoms with Crippen LogP contribution < -0.4 is 4.90 Å². The van der Waals surface area contributed by atoms with Crippen molar-refractivity contribution in [3.8, 4) is 0 Å². The van der Waals surface area contributed by atoms with Gasteiger partial charge in [-0.3, -0.25) is 4.90 Å². The van der Waals surface area contributed by atoms with Gasteiger partial charge in [0.1, 0.15) is 5.82 Å². The van der Waals surface area contributed by atoms with Crippen LogP contribution in [0.5, 0.6) is 0 Å². The van der Waals surface area contributed by atoms with Gasteiger partial charge in [-0.15, -0.1) is 0 Å². The molecule has 2 aliphatic heterocycles. The predicted octanol–water partition coefficient (Wildman–Crippen LogP) is 2.87. The number of rotatable bonds is 3. The lowest BCUT2D eigenvalue weighted by atomic mass is 9.87. The van der Waals surface area contributed by atoms with Crippen molar-refractivity contribution in [2.45, 2.75) is 13.0 Å². The van der Waals surface area contributed by atoms with Crippen molar-refractivity contribution in [3.63, 3.8) is 0 Å². The summed E-state index contributed by atoms with van der Waals surface area (Å²) >= 11 is 1.78. The molecule has 0 amide bonds. The molecular weight excluding hydrogens is 306 g/mol. The fourth-order valence-electron chi connectivity index (χ4n) is 3.78. The minimum atomic E-state index is 0.240. The van der Waals surface area contributed by atoms with E-state index in [-0.39, 0.29) is 5.41 Å². The van der Waals surface area contributed by atoms with E-state index in [4.69, 9.17) is 4.74 Å². The molecule has 4 heterocycles. The fourth-order valence-corrected chi connectivity index (χ4v) is 4.44. The number of aromatic nitrogens is 1. The molecule has 0 unspecified atom stereocenters. The normalized spacial score (nSPS) is 25.8. The average molecular weight is 329 g/mol. The Morgan fingerprint density at radius 3 is 3.04 bits per heavy atom. The van der Waals surface area contributed by atoms with Crippen molar-refractivity contribution in [1.29, 1.82) is 0 Å². The summed E-state index contributed by atoms with van der Waals surface area (Å²) in [5.74, 6) is 1.10. The molecule has 0 radical (unpaired) electrons. The fraction of sp³-hybridized carbons (Fsp3) is 0.500. The summed E-state index contributed by atoms with van der Waals surface area (Å²) in [6.07, 6.45) is 3.07. The molecule has 0 N–H and O–H groups in total. The zero-order chi connectivity index (χ0) is 15.5. The van der Waals surface area contributed by atoms with Crippen LogP contribution in [0.2, 0.25) is 0 Å². The molecule has 2 aromatic rings. The Balaban J connectivity index is 1.46. The molecule has 2 fully saturated rings. The molecule has 0 saturated carbocycles. The highest BCUT2D eigenvalue weighted by atomic mass is 32.1. The number of hydrogen-bond acceptors (Lipinski definition) is 5. The highest BCUT2D eigenvalue weighted by Crippen LogP contribution is 2.35. The second-order valence-electron chi connectivity index (χ2n) is 6.75. The number of pyridine rings is 1. The molecule has 0 aliphatic carbocycles. The Kier molecular flexibility index (Phi) is 4.33. The lowest BCUT2D eigenvalue weighted by molar-refractivity contribution is 0.0798. The summed E-state index contributed by atoms with van der Waals surface area (Å²) in [5.41, 5.74) is 1.66. The van der Waals surface area contributed by atoms with E-state index >= 15 is 0 Å². The molecule has 1 spiro atoms. The first-order chi connectivity index (χ1) is 11.3. The Morgan fingerprint density at radius 2 is 2.22 bits per heavy atom. The molecule has 4 nitrogen and oxygen atoms in total. The summed E-state index contributed by atoms with van der Waals surface area (Å²) in [6, 6.07) is 8.39. The first kappa shape index (κ1) is 15.1. The van der Waals surface area contributed by atoms with Crippen LogP contribution in [0.4, 0.5) is 5.82 Å². The van der Waals surface area contributed by atoms with E-state index in [1.165, 1.54) is 12.0 Å². The van der Waals surface area contributed by atoms with Gasteiger partial charge in [0, 0.05) is 44.3 Å². The topological polar surface area (TPSA) is 28.6 Å². The summed E-state index contributed by atoms with van der Waals surface area (Å²) in [6.45, 7) is 7.02. The highest BCUT2D eigenvalue weighted by Gasteiger charge is 2.41. The molecule has 1 atom stereocenters. The predicted molar refractivity (Wildman–Crippen MR) is 93.9 cm³/mol. The van der Waals surface area contributed by atoms with Gasteiger partial charge in [0.2, 0.25) is 0 Å². The number of thiophene rings is 1. The SMILES string of the molecule is c1ccc(N2CC[C@@]3(COCCN(Cc4ccsc4)C3)C2)nc1. The zero-order valence-electron chi connectivity index (χ0n) is 13.4. The van der Waals surface area contributed by atoms with Crippen LogP contribution in [-0.2, 0) is 11.3 Å². The van der Waals surface area contributed by atoms with Crippen LogP contribution >= 0.6 is 11.3 Å². The molecule has 2 aliphatic rings. The van der Waals surface area contributed by atoms with E-state index in [0.717, 1.165) is 51.8 Å². The summed E-state index contributed by atoms with van der Waals surface area (Å²) < 4.78 is 5.98. The van der Waals surface area contributed by atoms with Gasteiger partial charge < -0.3 is 9.64 Å². The quantitative estimate of drug-likeness (QED) is 0.866. The van der Waals surface area contributed by atoms with Crippen LogP contribution in [0.3, 0.4) is 0 Å². The maximum atomic E-state index is 5.98. The van der Waals surface area contributed by atoms with E-state index in [1.54, 1.807) is 11.3 Å². The Labute approximate surface area is 141 Å². The molecule has 2 aromatic heterocycles. The van der Waals surface area contributed by atoms with Gasteiger partial charge >= 0.3 is 0 Å². The molecule has 4 rings (SSSR count). The van der Waals surface area contributed by atoms with E-state index in [0.29, 0.717) is 0 Å². The van der Waals surface area contributed by atoms with Gasteiger partial charge in [0.05, 0.1) is 13.2 Å². The van der Waals surface area contributed by atoms with Crippen LogP contribution in [0.25, 0.3) is 0 Å². The van der Waals surface area contributed by atoms with E-state index in [1.807, 2.05) is 12.3 Å². The zero-order valence-corrected chi connectivity index (χ0v) is 14.2. The third-order valence-electron chi connectivity index (χ3n) is 4.92. The van der Waals surface area contributed by atoms with Crippen molar-refractivity contribution in [1.82, 2.24) is 9.88 Å². The van der Waals surface area contributed by atoms with Crippen LogP contribution in [0.15, 0.2) is 41.2 Å². The second kappa shape index (κ2) is 6.59. The van der Waals surface area contributed by atoms with Crippen LogP contribution in [0.1, 0.15) is 12.0 Å². The second-order valence-corrected chi connectivity index (χ2v) is 7.53. The molecular formula is C18H23N3OS. The molecule has 0 bridgehead atoms. The van der Waals surface area contributed by atoms with E-state index in [2.05, 4.69) is 43.7 Å². The lowest BCUT2D eigenvalue weighted by Crippen LogP contribution is -2.40. The monoisotopic (exact) mass is 329 g/mol. The van der Waals surface area contributed by atoms with Gasteiger partial charge in [-0.25, -0.2) is 4.98 Å².